The summed E-state index contributed by atoms with van der Waals surface area (Å²) in [7, 11) is 0. The molecular weight excluding hydrogens is 412 g/mol. The molecule has 0 saturated carbocycles. The molecule has 1 N–H and O–H groups in total. The van der Waals surface area contributed by atoms with Crippen LogP contribution in [-0.4, -0.2) is 20.9 Å². The highest BCUT2D eigenvalue weighted by atomic mass is 19.4. The molecule has 5 nitrogen and oxygen atoms in total. The standard InChI is InChI=1S/C22H16F4N4O/c23-12-5-6-17(27-10-12)15-9-20(28-11-16(15)22(24,25)26)29-21(31)30-18-7-8-19(30)14-4-2-1-3-13(14)18/h1-6,9-11,18-19H,7-8H2,(H,28,29,31). The molecule has 1 aromatic carbocycles. The van der Waals surface area contributed by atoms with Crippen molar-refractivity contribution in [1.82, 2.24) is 14.9 Å². The summed E-state index contributed by atoms with van der Waals surface area (Å²) in [4.78, 5) is 22.3. The van der Waals surface area contributed by atoms with E-state index < -0.39 is 23.6 Å². The SMILES string of the molecule is O=C(Nc1cc(-c2ccc(F)cn2)c(C(F)(F)F)cn1)N1C2CCC1c1ccccc12. The van der Waals surface area contributed by atoms with Crippen molar-refractivity contribution in [2.45, 2.75) is 31.1 Å². The summed E-state index contributed by atoms with van der Waals surface area (Å²) in [6.07, 6.45) is -1.52. The van der Waals surface area contributed by atoms with Gasteiger partial charge < -0.3 is 4.90 Å². The van der Waals surface area contributed by atoms with E-state index in [0.717, 1.165) is 48.4 Å². The third kappa shape index (κ3) is 3.30. The average Bonchev–Trinajstić information content (AvgIpc) is 3.31. The van der Waals surface area contributed by atoms with Gasteiger partial charge in [-0.2, -0.15) is 13.2 Å². The maximum absolute atomic E-state index is 13.5. The van der Waals surface area contributed by atoms with Crippen LogP contribution in [-0.2, 0) is 6.18 Å². The number of carbonyl (C=O) groups is 1. The van der Waals surface area contributed by atoms with Crippen molar-refractivity contribution in [3.05, 3.63) is 77.4 Å². The summed E-state index contributed by atoms with van der Waals surface area (Å²) >= 11 is 0. The monoisotopic (exact) mass is 428 g/mol. The third-order valence-electron chi connectivity index (χ3n) is 5.78. The normalized spacial score (nSPS) is 19.4. The zero-order chi connectivity index (χ0) is 21.8. The fourth-order valence-corrected chi connectivity index (χ4v) is 4.49. The lowest BCUT2D eigenvalue weighted by Gasteiger charge is -2.23. The number of urea groups is 1. The van der Waals surface area contributed by atoms with Crippen molar-refractivity contribution in [1.29, 1.82) is 0 Å². The summed E-state index contributed by atoms with van der Waals surface area (Å²) in [6.45, 7) is 0. The number of carbonyl (C=O) groups excluding carboxylic acids is 1. The molecule has 0 radical (unpaired) electrons. The maximum Gasteiger partial charge on any atom is 0.418 e. The Labute approximate surface area is 174 Å². The van der Waals surface area contributed by atoms with Gasteiger partial charge in [-0.25, -0.2) is 14.2 Å². The van der Waals surface area contributed by atoms with Gasteiger partial charge in [-0.15, -0.1) is 0 Å². The summed E-state index contributed by atoms with van der Waals surface area (Å²) in [6, 6.07) is 10.6. The maximum atomic E-state index is 13.5. The second-order valence-electron chi connectivity index (χ2n) is 7.55. The van der Waals surface area contributed by atoms with E-state index in [1.54, 1.807) is 4.90 Å². The Balaban J connectivity index is 1.46. The molecule has 31 heavy (non-hydrogen) atoms. The second-order valence-corrected chi connectivity index (χ2v) is 7.55. The number of rotatable bonds is 2. The predicted octanol–water partition coefficient (Wildman–Crippen LogP) is 5.73. The van der Waals surface area contributed by atoms with E-state index in [4.69, 9.17) is 0 Å². The molecule has 4 heterocycles. The number of alkyl halides is 3. The van der Waals surface area contributed by atoms with Gasteiger partial charge in [0.2, 0.25) is 0 Å². The quantitative estimate of drug-likeness (QED) is 0.531. The third-order valence-corrected chi connectivity index (χ3v) is 5.78. The smallest absolute Gasteiger partial charge is 0.310 e. The average molecular weight is 428 g/mol. The first kappa shape index (κ1) is 19.5. The topological polar surface area (TPSA) is 58.1 Å². The van der Waals surface area contributed by atoms with Crippen molar-refractivity contribution >= 4 is 11.8 Å². The largest absolute Gasteiger partial charge is 0.418 e. The van der Waals surface area contributed by atoms with Crippen molar-refractivity contribution in [2.75, 3.05) is 5.32 Å². The Bertz CT molecular complexity index is 1130. The molecular formula is C22H16F4N4O. The Kier molecular flexibility index (Phi) is 4.42. The number of amides is 2. The summed E-state index contributed by atoms with van der Waals surface area (Å²) in [5, 5.41) is 2.63. The summed E-state index contributed by atoms with van der Waals surface area (Å²) < 4.78 is 53.6. The fourth-order valence-electron chi connectivity index (χ4n) is 4.49. The van der Waals surface area contributed by atoms with Gasteiger partial charge in [-0.3, -0.25) is 10.3 Å². The van der Waals surface area contributed by atoms with Crippen molar-refractivity contribution in [2.24, 2.45) is 0 Å². The van der Waals surface area contributed by atoms with E-state index in [1.807, 2.05) is 24.3 Å². The van der Waals surface area contributed by atoms with Crippen LogP contribution in [0.2, 0.25) is 0 Å². The van der Waals surface area contributed by atoms with Crippen LogP contribution in [0.4, 0.5) is 28.2 Å². The van der Waals surface area contributed by atoms with Gasteiger partial charge >= 0.3 is 12.2 Å². The first-order chi connectivity index (χ1) is 14.8. The van der Waals surface area contributed by atoms with Gasteiger partial charge in [0.1, 0.15) is 11.6 Å². The lowest BCUT2D eigenvalue weighted by atomic mass is 9.92. The highest BCUT2D eigenvalue weighted by Crippen LogP contribution is 2.53. The van der Waals surface area contributed by atoms with Crippen LogP contribution in [0, 0.1) is 5.82 Å². The van der Waals surface area contributed by atoms with Gasteiger partial charge in [-0.1, -0.05) is 24.3 Å². The van der Waals surface area contributed by atoms with Crippen molar-refractivity contribution < 1.29 is 22.4 Å². The van der Waals surface area contributed by atoms with Crippen molar-refractivity contribution in [3.63, 3.8) is 0 Å². The fraction of sp³-hybridized carbons (Fsp3) is 0.227. The van der Waals surface area contributed by atoms with Crippen LogP contribution in [0.15, 0.2) is 54.9 Å². The molecule has 2 amide bonds. The van der Waals surface area contributed by atoms with E-state index in [0.29, 0.717) is 6.20 Å². The zero-order valence-electron chi connectivity index (χ0n) is 16.0. The summed E-state index contributed by atoms with van der Waals surface area (Å²) in [5.41, 5.74) is 0.833. The van der Waals surface area contributed by atoms with Crippen LogP contribution < -0.4 is 5.32 Å². The van der Waals surface area contributed by atoms with Gasteiger partial charge in [0.05, 0.1) is 29.5 Å². The molecule has 3 aromatic rings. The molecule has 0 aliphatic carbocycles. The van der Waals surface area contributed by atoms with Crippen LogP contribution >= 0.6 is 0 Å². The highest BCUT2D eigenvalue weighted by molar-refractivity contribution is 5.90. The number of hydrogen-bond donors (Lipinski definition) is 1. The van der Waals surface area contributed by atoms with Crippen molar-refractivity contribution in [3.8, 4) is 11.3 Å². The second kappa shape index (κ2) is 7.04. The first-order valence-corrected chi connectivity index (χ1v) is 9.70. The van der Waals surface area contributed by atoms with E-state index in [1.165, 1.54) is 0 Å². The molecule has 1 fully saturated rings. The van der Waals surface area contributed by atoms with Gasteiger partial charge in [0, 0.05) is 11.8 Å². The number of pyridine rings is 2. The minimum Gasteiger partial charge on any atom is -0.310 e. The van der Waals surface area contributed by atoms with Crippen LogP contribution in [0.1, 0.15) is 41.6 Å². The molecule has 2 aromatic heterocycles. The minimum atomic E-state index is -4.68. The molecule has 9 heteroatoms. The Morgan fingerprint density at radius 1 is 1.00 bits per heavy atom. The summed E-state index contributed by atoms with van der Waals surface area (Å²) in [5.74, 6) is -0.696. The molecule has 2 atom stereocenters. The molecule has 1 saturated heterocycles. The zero-order valence-corrected chi connectivity index (χ0v) is 16.0. The lowest BCUT2D eigenvalue weighted by molar-refractivity contribution is -0.137. The number of benzene rings is 1. The number of hydrogen-bond acceptors (Lipinski definition) is 3. The van der Waals surface area contributed by atoms with E-state index in [2.05, 4.69) is 15.3 Å². The molecule has 5 rings (SSSR count). The molecule has 2 aliphatic rings. The number of halogens is 4. The number of anilines is 1. The predicted molar refractivity (Wildman–Crippen MR) is 104 cm³/mol. The van der Waals surface area contributed by atoms with Gasteiger partial charge in [0.25, 0.3) is 0 Å². The molecule has 158 valence electrons. The van der Waals surface area contributed by atoms with Gasteiger partial charge in [0.15, 0.2) is 0 Å². The number of nitrogens with zero attached hydrogens (tertiary/aromatic N) is 3. The number of aromatic nitrogens is 2. The Hall–Kier alpha value is -3.49. The van der Waals surface area contributed by atoms with E-state index in [9.17, 15) is 22.4 Å². The number of fused-ring (bicyclic) bond motifs is 5. The Morgan fingerprint density at radius 3 is 2.26 bits per heavy atom. The van der Waals surface area contributed by atoms with E-state index in [-0.39, 0.29) is 29.2 Å². The van der Waals surface area contributed by atoms with Crippen LogP contribution in [0.5, 0.6) is 0 Å². The van der Waals surface area contributed by atoms with Crippen LogP contribution in [0.25, 0.3) is 11.3 Å². The van der Waals surface area contributed by atoms with Crippen LogP contribution in [0.3, 0.4) is 0 Å². The lowest BCUT2D eigenvalue weighted by Crippen LogP contribution is -2.32. The van der Waals surface area contributed by atoms with Gasteiger partial charge in [-0.05, 0) is 42.2 Å². The highest BCUT2D eigenvalue weighted by Gasteiger charge is 2.46. The molecule has 2 unspecified atom stereocenters. The molecule has 0 spiro atoms. The Morgan fingerprint density at radius 2 is 1.68 bits per heavy atom. The van der Waals surface area contributed by atoms with E-state index >= 15 is 0 Å². The molecule has 2 bridgehead atoms. The first-order valence-electron chi connectivity index (χ1n) is 9.70. The molecule has 2 aliphatic heterocycles. The number of nitrogens with one attached hydrogen (secondary N) is 1. The minimum absolute atomic E-state index is 0.0329.